The molecule has 1 aromatic heterocycles. The van der Waals surface area contributed by atoms with Crippen molar-refractivity contribution in [2.75, 3.05) is 11.4 Å². The number of hydrogen-bond donors (Lipinski definition) is 1. The maximum atomic E-state index is 12.3. The third-order valence-electron chi connectivity index (χ3n) is 5.63. The zero-order valence-electron chi connectivity index (χ0n) is 16.2. The molecular weight excluding hydrogens is 347 g/mol. The summed E-state index contributed by atoms with van der Waals surface area (Å²) in [6, 6.07) is 3.31. The molecule has 0 atom stereocenters. The summed E-state index contributed by atoms with van der Waals surface area (Å²) in [5.74, 6) is -0.263. The Kier molecular flexibility index (Phi) is 3.87. The van der Waals surface area contributed by atoms with Gasteiger partial charge in [-0.1, -0.05) is 0 Å². The molecule has 3 amide bonds. The molecule has 4 rings (SSSR count). The summed E-state index contributed by atoms with van der Waals surface area (Å²) in [6.45, 7) is 8.33. The summed E-state index contributed by atoms with van der Waals surface area (Å²) >= 11 is 0. The highest BCUT2D eigenvalue weighted by molar-refractivity contribution is 6.65. The van der Waals surface area contributed by atoms with E-state index in [1.54, 1.807) is 9.58 Å². The van der Waals surface area contributed by atoms with Crippen LogP contribution in [0.5, 0.6) is 0 Å². The highest BCUT2D eigenvalue weighted by Gasteiger charge is 2.52. The quantitative estimate of drug-likeness (QED) is 0.806. The van der Waals surface area contributed by atoms with Crippen LogP contribution in [0.2, 0.25) is 0 Å². The van der Waals surface area contributed by atoms with Crippen LogP contribution in [0.4, 0.5) is 10.5 Å². The lowest BCUT2D eigenvalue weighted by Gasteiger charge is -2.32. The Morgan fingerprint density at radius 1 is 1.15 bits per heavy atom. The van der Waals surface area contributed by atoms with E-state index >= 15 is 0 Å². The van der Waals surface area contributed by atoms with Crippen LogP contribution in [0.1, 0.15) is 34.1 Å². The molecule has 3 heterocycles. The molecule has 0 saturated carbocycles. The molecule has 0 aliphatic carbocycles. The average Bonchev–Trinajstić information content (AvgIpc) is 3.02. The Bertz CT molecular complexity index is 936. The van der Waals surface area contributed by atoms with Crippen molar-refractivity contribution in [2.24, 2.45) is 7.05 Å². The van der Waals surface area contributed by atoms with Gasteiger partial charge in [0.2, 0.25) is 5.91 Å². The Morgan fingerprint density at radius 3 is 2.44 bits per heavy atom. The van der Waals surface area contributed by atoms with Crippen molar-refractivity contribution in [3.8, 4) is 0 Å². The molecule has 1 N–H and O–H groups in total. The van der Waals surface area contributed by atoms with Crippen molar-refractivity contribution < 1.29 is 18.9 Å². The van der Waals surface area contributed by atoms with Gasteiger partial charge >= 0.3 is 13.1 Å². The molecule has 0 unspecified atom stereocenters. The first-order valence-electron chi connectivity index (χ1n) is 9.02. The number of amides is 3. The summed E-state index contributed by atoms with van der Waals surface area (Å²) in [6.07, 6.45) is 2.18. The summed E-state index contributed by atoms with van der Waals surface area (Å²) in [4.78, 5) is 25.3. The predicted molar refractivity (Wildman–Crippen MR) is 102 cm³/mol. The fourth-order valence-electron chi connectivity index (χ4n) is 3.38. The number of fused-ring (bicyclic) bond motifs is 1. The van der Waals surface area contributed by atoms with Gasteiger partial charge in [0.25, 0.3) is 0 Å². The van der Waals surface area contributed by atoms with Crippen molar-refractivity contribution in [1.82, 2.24) is 15.1 Å². The van der Waals surface area contributed by atoms with Crippen LogP contribution in [-0.2, 0) is 21.2 Å². The van der Waals surface area contributed by atoms with Gasteiger partial charge in [-0.3, -0.25) is 19.7 Å². The maximum Gasteiger partial charge on any atom is 0.495 e. The van der Waals surface area contributed by atoms with Crippen molar-refractivity contribution in [1.29, 1.82) is 0 Å². The van der Waals surface area contributed by atoms with Crippen LogP contribution in [0.25, 0.3) is 10.9 Å². The molecule has 2 fully saturated rings. The number of carbonyl (C=O) groups is 2. The molecule has 0 bridgehead atoms. The number of hydrogen-bond acceptors (Lipinski definition) is 5. The molecule has 2 saturated heterocycles. The summed E-state index contributed by atoms with van der Waals surface area (Å²) < 4.78 is 14.2. The summed E-state index contributed by atoms with van der Waals surface area (Å²) in [5, 5.41) is 7.76. The largest absolute Gasteiger partial charge is 0.495 e. The number of anilines is 1. The van der Waals surface area contributed by atoms with Gasteiger partial charge in [-0.05, 0) is 45.3 Å². The summed E-state index contributed by atoms with van der Waals surface area (Å²) in [5.41, 5.74) is 1.27. The first-order valence-corrected chi connectivity index (χ1v) is 9.02. The highest BCUT2D eigenvalue weighted by Crippen LogP contribution is 2.37. The van der Waals surface area contributed by atoms with Crippen molar-refractivity contribution in [2.45, 2.75) is 45.3 Å². The highest BCUT2D eigenvalue weighted by atomic mass is 16.7. The smallest absolute Gasteiger partial charge is 0.399 e. The number of imide groups is 1. The Morgan fingerprint density at radius 2 is 1.81 bits per heavy atom. The molecule has 8 nitrogen and oxygen atoms in total. The van der Waals surface area contributed by atoms with E-state index in [0.717, 1.165) is 16.4 Å². The number of carbonyl (C=O) groups excluding carboxylic acids is 2. The van der Waals surface area contributed by atoms with Gasteiger partial charge in [0, 0.05) is 37.3 Å². The minimum atomic E-state index is -0.573. The maximum absolute atomic E-state index is 12.3. The molecule has 2 aliphatic rings. The van der Waals surface area contributed by atoms with Crippen LogP contribution in [0.3, 0.4) is 0 Å². The van der Waals surface area contributed by atoms with E-state index in [-0.39, 0.29) is 12.3 Å². The minimum Gasteiger partial charge on any atom is -0.399 e. The molecule has 2 aliphatic heterocycles. The lowest BCUT2D eigenvalue weighted by atomic mass is 9.76. The fraction of sp³-hybridized carbons (Fsp3) is 0.500. The fourth-order valence-corrected chi connectivity index (χ4v) is 3.38. The predicted octanol–water partition coefficient (Wildman–Crippen LogP) is 1.32. The van der Waals surface area contributed by atoms with Crippen LogP contribution in [0, 0.1) is 0 Å². The van der Waals surface area contributed by atoms with E-state index in [1.165, 1.54) is 0 Å². The van der Waals surface area contributed by atoms with Gasteiger partial charge in [0.15, 0.2) is 0 Å². The number of aromatic nitrogens is 2. The average molecular weight is 370 g/mol. The lowest BCUT2D eigenvalue weighted by molar-refractivity contribution is -0.120. The van der Waals surface area contributed by atoms with Crippen molar-refractivity contribution in [3.63, 3.8) is 0 Å². The van der Waals surface area contributed by atoms with Gasteiger partial charge in [-0.25, -0.2) is 4.79 Å². The van der Waals surface area contributed by atoms with Gasteiger partial charge in [0.1, 0.15) is 0 Å². The second kappa shape index (κ2) is 5.80. The third kappa shape index (κ3) is 2.91. The Balaban J connectivity index is 1.81. The number of aryl methyl sites for hydroxylation is 1. The van der Waals surface area contributed by atoms with Crippen LogP contribution >= 0.6 is 0 Å². The SMILES string of the molecule is Cn1cc2c(B3OC(C)(C)C(C)(C)O3)cc(N3CCC(=O)NC3=O)cc2n1. The number of urea groups is 1. The second-order valence-corrected chi connectivity index (χ2v) is 8.11. The van der Waals surface area contributed by atoms with Crippen molar-refractivity contribution in [3.05, 3.63) is 18.3 Å². The Hall–Kier alpha value is -2.39. The number of nitrogens with zero attached hydrogens (tertiary/aromatic N) is 3. The van der Waals surface area contributed by atoms with Crippen LogP contribution in [0.15, 0.2) is 18.3 Å². The van der Waals surface area contributed by atoms with Crippen LogP contribution in [-0.4, -0.2) is 46.6 Å². The first kappa shape index (κ1) is 18.0. The van der Waals surface area contributed by atoms with Gasteiger partial charge in [0.05, 0.1) is 16.7 Å². The van der Waals surface area contributed by atoms with Gasteiger partial charge in [-0.2, -0.15) is 5.10 Å². The molecule has 0 radical (unpaired) electrons. The molecule has 142 valence electrons. The standard InChI is InChI=1S/C18H23BN4O4/c1-17(2)18(3,4)27-19(26-17)13-8-11(9-14-12(13)10-22(5)21-14)23-7-6-15(24)20-16(23)25/h8-10H,6-7H2,1-5H3,(H,20,24,25). The van der Waals surface area contributed by atoms with Gasteiger partial charge < -0.3 is 9.31 Å². The topological polar surface area (TPSA) is 85.7 Å². The number of benzene rings is 1. The first-order chi connectivity index (χ1) is 12.6. The van der Waals surface area contributed by atoms with Crippen LogP contribution < -0.4 is 15.7 Å². The molecule has 2 aromatic rings. The molecule has 27 heavy (non-hydrogen) atoms. The van der Waals surface area contributed by atoms with E-state index in [2.05, 4.69) is 10.4 Å². The molecule has 9 heteroatoms. The molecular formula is C18H23BN4O4. The van der Waals surface area contributed by atoms with E-state index in [4.69, 9.17) is 9.31 Å². The van der Waals surface area contributed by atoms with E-state index in [1.807, 2.05) is 53.1 Å². The second-order valence-electron chi connectivity index (χ2n) is 8.11. The van der Waals surface area contributed by atoms with E-state index in [0.29, 0.717) is 12.2 Å². The Labute approximate surface area is 157 Å². The zero-order valence-corrected chi connectivity index (χ0v) is 16.2. The van der Waals surface area contributed by atoms with E-state index in [9.17, 15) is 9.59 Å². The van der Waals surface area contributed by atoms with E-state index < -0.39 is 24.4 Å². The molecule has 1 aromatic carbocycles. The van der Waals surface area contributed by atoms with Crippen molar-refractivity contribution >= 4 is 41.1 Å². The van der Waals surface area contributed by atoms with Gasteiger partial charge in [-0.15, -0.1) is 0 Å². The normalized spacial score (nSPS) is 21.8. The lowest BCUT2D eigenvalue weighted by Crippen LogP contribution is -2.50. The number of nitrogens with one attached hydrogen (secondary N) is 1. The number of rotatable bonds is 2. The zero-order chi connectivity index (χ0) is 19.6. The third-order valence-corrected chi connectivity index (χ3v) is 5.63. The monoisotopic (exact) mass is 370 g/mol. The molecule has 0 spiro atoms. The minimum absolute atomic E-state index is 0.262. The summed E-state index contributed by atoms with van der Waals surface area (Å²) in [7, 11) is 1.27.